The van der Waals surface area contributed by atoms with Crippen molar-refractivity contribution in [3.63, 3.8) is 0 Å². The first-order valence-electron chi connectivity index (χ1n) is 9.28. The second kappa shape index (κ2) is 10.1. The van der Waals surface area contributed by atoms with Crippen LogP contribution in [0, 0.1) is 6.92 Å². The van der Waals surface area contributed by atoms with Crippen LogP contribution in [-0.4, -0.2) is 25.0 Å². The van der Waals surface area contributed by atoms with Crippen LogP contribution in [0.2, 0.25) is 0 Å². The Morgan fingerprint density at radius 1 is 0.821 bits per heavy atom. The average molecular weight is 391 g/mol. The normalized spacial score (nSPS) is 11.2. The molecule has 0 aromatic heterocycles. The van der Waals surface area contributed by atoms with Crippen LogP contribution in [0.1, 0.15) is 16.7 Å². The molecule has 0 bridgehead atoms. The molecule has 0 fully saturated rings. The highest BCUT2D eigenvalue weighted by Gasteiger charge is 2.39. The number of amides is 1. The Bertz CT molecular complexity index is 757. The Morgan fingerprint density at radius 3 is 1.64 bits per heavy atom. The van der Waals surface area contributed by atoms with Gasteiger partial charge in [-0.25, -0.2) is 0 Å². The van der Waals surface area contributed by atoms with Gasteiger partial charge in [-0.3, -0.25) is 4.79 Å². The van der Waals surface area contributed by atoms with E-state index in [9.17, 15) is 4.79 Å². The summed E-state index contributed by atoms with van der Waals surface area (Å²) in [6, 6.07) is 30.5. The van der Waals surface area contributed by atoms with E-state index in [1.807, 2.05) is 54.6 Å². The Labute approximate surface area is 171 Å². The van der Waals surface area contributed by atoms with Gasteiger partial charge < -0.3 is 10.1 Å². The number of hydrogen-bond donors (Lipinski definition) is 1. The summed E-state index contributed by atoms with van der Waals surface area (Å²) >= 11 is 1.29. The lowest BCUT2D eigenvalue weighted by atomic mass is 9.84. The second-order valence-corrected chi connectivity index (χ2v) is 7.40. The highest BCUT2D eigenvalue weighted by Crippen LogP contribution is 2.48. The summed E-state index contributed by atoms with van der Waals surface area (Å²) in [4.78, 5) is 12.9. The van der Waals surface area contributed by atoms with Crippen molar-refractivity contribution >= 4 is 17.0 Å². The van der Waals surface area contributed by atoms with E-state index in [1.165, 1.54) is 11.8 Å². The molecule has 0 aliphatic carbocycles. The molecule has 0 saturated carbocycles. The van der Waals surface area contributed by atoms with Gasteiger partial charge in [-0.1, -0.05) is 91.0 Å². The van der Waals surface area contributed by atoms with Crippen molar-refractivity contribution in [1.29, 1.82) is 0 Å². The lowest BCUT2D eigenvalue weighted by molar-refractivity contribution is 0.164. The fraction of sp³-hybridized carbons (Fsp3) is 0.167. The van der Waals surface area contributed by atoms with Crippen LogP contribution in [0.4, 0.5) is 4.79 Å². The SMILES string of the molecule is [CH2]COCCNC(=O)SC(c1ccccc1)(c1ccccc1)c1ccccc1. The van der Waals surface area contributed by atoms with Crippen LogP contribution in [0.5, 0.6) is 0 Å². The third kappa shape index (κ3) is 4.64. The minimum absolute atomic E-state index is 0.0933. The smallest absolute Gasteiger partial charge is 0.280 e. The number of benzene rings is 3. The molecule has 0 heterocycles. The summed E-state index contributed by atoms with van der Waals surface area (Å²) in [5.74, 6) is 0. The molecule has 0 aliphatic rings. The van der Waals surface area contributed by atoms with Gasteiger partial charge in [0.25, 0.3) is 5.24 Å². The Morgan fingerprint density at radius 2 is 1.25 bits per heavy atom. The van der Waals surface area contributed by atoms with E-state index >= 15 is 0 Å². The highest BCUT2D eigenvalue weighted by molar-refractivity contribution is 8.14. The van der Waals surface area contributed by atoms with E-state index in [0.29, 0.717) is 19.8 Å². The molecule has 0 saturated heterocycles. The number of carbonyl (C=O) groups excluding carboxylic acids is 1. The zero-order valence-electron chi connectivity index (χ0n) is 15.7. The molecule has 0 spiro atoms. The molecule has 143 valence electrons. The number of thioether (sulfide) groups is 1. The van der Waals surface area contributed by atoms with Crippen LogP contribution >= 0.6 is 11.8 Å². The summed E-state index contributed by atoms with van der Waals surface area (Å²) in [6.45, 7) is 4.94. The van der Waals surface area contributed by atoms with Crippen molar-refractivity contribution < 1.29 is 9.53 Å². The van der Waals surface area contributed by atoms with Crippen LogP contribution in [-0.2, 0) is 9.48 Å². The van der Waals surface area contributed by atoms with E-state index in [1.54, 1.807) is 0 Å². The third-order valence-electron chi connectivity index (χ3n) is 4.45. The molecule has 3 rings (SSSR count). The van der Waals surface area contributed by atoms with Gasteiger partial charge in [-0.15, -0.1) is 0 Å². The lowest BCUT2D eigenvalue weighted by Crippen LogP contribution is -2.32. The Kier molecular flexibility index (Phi) is 7.29. The van der Waals surface area contributed by atoms with Gasteiger partial charge in [-0.05, 0) is 35.4 Å². The van der Waals surface area contributed by atoms with E-state index in [4.69, 9.17) is 4.74 Å². The van der Waals surface area contributed by atoms with Crippen molar-refractivity contribution in [2.75, 3.05) is 19.8 Å². The monoisotopic (exact) mass is 390 g/mol. The van der Waals surface area contributed by atoms with Crippen LogP contribution in [0.25, 0.3) is 0 Å². The first-order chi connectivity index (χ1) is 13.8. The second-order valence-electron chi connectivity index (χ2n) is 6.21. The molecule has 1 amide bonds. The van der Waals surface area contributed by atoms with E-state index < -0.39 is 4.75 Å². The maximum atomic E-state index is 12.9. The fourth-order valence-electron chi connectivity index (χ4n) is 3.20. The zero-order valence-corrected chi connectivity index (χ0v) is 16.5. The van der Waals surface area contributed by atoms with Gasteiger partial charge in [-0.2, -0.15) is 0 Å². The number of ether oxygens (including phenoxy) is 1. The van der Waals surface area contributed by atoms with Gasteiger partial charge in [0.15, 0.2) is 0 Å². The average Bonchev–Trinajstić information content (AvgIpc) is 2.77. The number of hydrogen-bond acceptors (Lipinski definition) is 3. The summed E-state index contributed by atoms with van der Waals surface area (Å²) in [5.41, 5.74) is 3.17. The van der Waals surface area contributed by atoms with Gasteiger partial charge in [0, 0.05) is 13.2 Å². The third-order valence-corrected chi connectivity index (χ3v) is 5.79. The van der Waals surface area contributed by atoms with E-state index in [2.05, 4.69) is 48.6 Å². The van der Waals surface area contributed by atoms with Crippen molar-refractivity contribution in [2.24, 2.45) is 0 Å². The fourth-order valence-corrected chi connectivity index (χ4v) is 4.41. The van der Waals surface area contributed by atoms with Crippen molar-refractivity contribution in [1.82, 2.24) is 5.32 Å². The zero-order chi connectivity index (χ0) is 19.7. The molecule has 0 atom stereocenters. The van der Waals surface area contributed by atoms with Gasteiger partial charge in [0.2, 0.25) is 0 Å². The molecule has 4 heteroatoms. The van der Waals surface area contributed by atoms with Gasteiger partial charge in [0.05, 0.1) is 6.61 Å². The number of carbonyl (C=O) groups is 1. The number of rotatable bonds is 8. The largest absolute Gasteiger partial charge is 0.380 e. The molecule has 3 aromatic rings. The minimum atomic E-state index is -0.652. The van der Waals surface area contributed by atoms with E-state index in [0.717, 1.165) is 16.7 Å². The summed E-state index contributed by atoms with van der Waals surface area (Å²) in [6.07, 6.45) is 0. The molecule has 1 radical (unpaired) electrons. The van der Waals surface area contributed by atoms with Gasteiger partial charge >= 0.3 is 0 Å². The molecular weight excluding hydrogens is 366 g/mol. The van der Waals surface area contributed by atoms with Crippen LogP contribution in [0.3, 0.4) is 0 Å². The maximum absolute atomic E-state index is 12.9. The molecule has 3 aromatic carbocycles. The summed E-state index contributed by atoms with van der Waals surface area (Å²) in [7, 11) is 0. The predicted octanol–water partition coefficient (Wildman–Crippen LogP) is 5.27. The molecular formula is C24H24NO2S. The molecule has 0 unspecified atom stereocenters. The van der Waals surface area contributed by atoms with Crippen molar-refractivity contribution in [2.45, 2.75) is 4.75 Å². The van der Waals surface area contributed by atoms with E-state index in [-0.39, 0.29) is 5.24 Å². The predicted molar refractivity (Wildman–Crippen MR) is 116 cm³/mol. The lowest BCUT2D eigenvalue weighted by Gasteiger charge is -2.34. The Hall–Kier alpha value is -2.56. The standard InChI is InChI=1S/C24H24NO2S/c1-2-27-19-18-25-23(26)28-24(20-12-6-3-7-13-20,21-14-8-4-9-15-21)22-16-10-5-11-17-22/h3-17H,1-2,18-19H2,(H,25,26). The molecule has 28 heavy (non-hydrogen) atoms. The summed E-state index contributed by atoms with van der Waals surface area (Å²) < 4.78 is 4.58. The van der Waals surface area contributed by atoms with Crippen molar-refractivity contribution in [3.05, 3.63) is 115 Å². The van der Waals surface area contributed by atoms with Crippen LogP contribution in [0.15, 0.2) is 91.0 Å². The molecule has 0 aliphatic heterocycles. The molecule has 3 nitrogen and oxygen atoms in total. The molecule has 1 N–H and O–H groups in total. The topological polar surface area (TPSA) is 38.3 Å². The number of nitrogens with one attached hydrogen (secondary N) is 1. The quantitative estimate of drug-likeness (QED) is 0.420. The summed E-state index contributed by atoms with van der Waals surface area (Å²) in [5, 5.41) is 2.86. The first kappa shape index (κ1) is 20.2. The van der Waals surface area contributed by atoms with Crippen LogP contribution < -0.4 is 5.32 Å². The van der Waals surface area contributed by atoms with Gasteiger partial charge in [0.1, 0.15) is 4.75 Å². The Balaban J connectivity index is 2.05. The maximum Gasteiger partial charge on any atom is 0.280 e. The van der Waals surface area contributed by atoms with Crippen molar-refractivity contribution in [3.8, 4) is 0 Å². The minimum Gasteiger partial charge on any atom is -0.380 e. The highest BCUT2D eigenvalue weighted by atomic mass is 32.2. The first-order valence-corrected chi connectivity index (χ1v) is 10.1.